The molecule has 1 fully saturated rings. The van der Waals surface area contributed by atoms with Gasteiger partial charge in [-0.2, -0.15) is 18.3 Å². The van der Waals surface area contributed by atoms with Crippen LogP contribution in [-0.4, -0.2) is 38.6 Å². The number of alkyl halides is 3. The molecule has 37 heavy (non-hydrogen) atoms. The van der Waals surface area contributed by atoms with Gasteiger partial charge in [-0.25, -0.2) is 14.5 Å². The summed E-state index contributed by atoms with van der Waals surface area (Å²) in [7, 11) is 1.38. The number of nitrogen functional groups attached to an aromatic ring is 1. The molecule has 0 saturated heterocycles. The van der Waals surface area contributed by atoms with Gasteiger partial charge in [-0.05, 0) is 42.9 Å². The fourth-order valence-electron chi connectivity index (χ4n) is 5.02. The predicted molar refractivity (Wildman–Crippen MR) is 131 cm³/mol. The minimum Gasteiger partial charge on any atom is -0.480 e. The van der Waals surface area contributed by atoms with Gasteiger partial charge in [0.15, 0.2) is 5.82 Å². The summed E-state index contributed by atoms with van der Waals surface area (Å²) in [5.74, 6) is -0.304. The molecule has 0 bridgehead atoms. The number of carbonyl (C=O) groups excluding carboxylic acids is 1. The van der Waals surface area contributed by atoms with E-state index in [0.29, 0.717) is 5.92 Å². The summed E-state index contributed by atoms with van der Waals surface area (Å²) in [6.45, 7) is 0. The zero-order valence-electron chi connectivity index (χ0n) is 20.0. The van der Waals surface area contributed by atoms with Crippen LogP contribution in [0.5, 0.6) is 5.88 Å². The third-order valence-electron chi connectivity index (χ3n) is 6.75. The highest BCUT2D eigenvalue weighted by atomic mass is 19.4. The van der Waals surface area contributed by atoms with Crippen LogP contribution in [0.1, 0.15) is 53.1 Å². The highest BCUT2D eigenvalue weighted by molar-refractivity contribution is 5.97. The molecule has 0 aliphatic heterocycles. The molecule has 1 amide bonds. The van der Waals surface area contributed by atoms with Crippen molar-refractivity contribution in [1.29, 1.82) is 0 Å². The number of pyridine rings is 1. The summed E-state index contributed by atoms with van der Waals surface area (Å²) in [4.78, 5) is 21.2. The van der Waals surface area contributed by atoms with E-state index in [4.69, 9.17) is 10.5 Å². The molecule has 192 valence electrons. The quantitative estimate of drug-likeness (QED) is 0.397. The number of halogens is 3. The van der Waals surface area contributed by atoms with Crippen LogP contribution in [0.4, 0.5) is 19.0 Å². The van der Waals surface area contributed by atoms with Crippen LogP contribution >= 0.6 is 0 Å². The first-order chi connectivity index (χ1) is 17.8. The summed E-state index contributed by atoms with van der Waals surface area (Å²) in [5, 5.41) is 7.04. The van der Waals surface area contributed by atoms with Crippen molar-refractivity contribution < 1.29 is 22.7 Å². The van der Waals surface area contributed by atoms with Crippen molar-refractivity contribution in [3.05, 3.63) is 71.7 Å². The summed E-state index contributed by atoms with van der Waals surface area (Å²) >= 11 is 0. The maximum atomic E-state index is 13.7. The number of nitrogens with two attached hydrogens (primary N) is 1. The Morgan fingerprint density at radius 2 is 1.95 bits per heavy atom. The number of benzene rings is 1. The van der Waals surface area contributed by atoms with Crippen molar-refractivity contribution in [1.82, 2.24) is 24.9 Å². The second-order valence-corrected chi connectivity index (χ2v) is 9.07. The molecule has 11 heteroatoms. The molecule has 0 unspecified atom stereocenters. The lowest BCUT2D eigenvalue weighted by Crippen LogP contribution is -2.38. The lowest BCUT2D eigenvalue weighted by Gasteiger charge is -2.30. The normalized spacial score (nSPS) is 18.1. The number of methoxy groups -OCH3 is 1. The van der Waals surface area contributed by atoms with Crippen LogP contribution in [-0.2, 0) is 6.18 Å². The highest BCUT2D eigenvalue weighted by Crippen LogP contribution is 2.39. The Balaban J connectivity index is 1.46. The number of nitrogens with one attached hydrogen (secondary N) is 1. The number of carbonyl (C=O) groups is 1. The highest BCUT2D eigenvalue weighted by Gasteiger charge is 2.37. The van der Waals surface area contributed by atoms with Gasteiger partial charge >= 0.3 is 6.18 Å². The zero-order chi connectivity index (χ0) is 26.2. The summed E-state index contributed by atoms with van der Waals surface area (Å²) in [6, 6.07) is 12.5. The lowest BCUT2D eigenvalue weighted by molar-refractivity contribution is -0.136. The van der Waals surface area contributed by atoms with Crippen LogP contribution in [0.2, 0.25) is 0 Å². The van der Waals surface area contributed by atoms with Crippen LogP contribution in [0.15, 0.2) is 55.0 Å². The van der Waals surface area contributed by atoms with Gasteiger partial charge in [0.25, 0.3) is 5.91 Å². The van der Waals surface area contributed by atoms with Crippen molar-refractivity contribution in [3.8, 4) is 17.1 Å². The fraction of sp³-hybridized carbons (Fsp3) is 0.308. The van der Waals surface area contributed by atoms with Gasteiger partial charge in [0.1, 0.15) is 17.4 Å². The van der Waals surface area contributed by atoms with Crippen molar-refractivity contribution >= 4 is 17.2 Å². The first-order valence-electron chi connectivity index (χ1n) is 11.9. The van der Waals surface area contributed by atoms with E-state index in [1.165, 1.54) is 24.9 Å². The fourth-order valence-corrected chi connectivity index (χ4v) is 5.02. The van der Waals surface area contributed by atoms with Crippen LogP contribution in [0.3, 0.4) is 0 Å². The molecule has 1 aliphatic rings. The van der Waals surface area contributed by atoms with Gasteiger partial charge in [-0.3, -0.25) is 4.79 Å². The number of fused-ring (bicyclic) bond motifs is 1. The Labute approximate surface area is 210 Å². The molecule has 3 N–H and O–H groups in total. The molecule has 5 rings (SSSR count). The molecule has 1 aromatic carbocycles. The summed E-state index contributed by atoms with van der Waals surface area (Å²) < 4.78 is 47.6. The number of hydrogen-bond donors (Lipinski definition) is 2. The Morgan fingerprint density at radius 1 is 1.16 bits per heavy atom. The van der Waals surface area contributed by atoms with E-state index in [2.05, 4.69) is 32.5 Å². The smallest absolute Gasteiger partial charge is 0.418 e. The number of nitrogens with zero attached hydrogens (tertiary/aromatic N) is 4. The van der Waals surface area contributed by atoms with Gasteiger partial charge < -0.3 is 15.8 Å². The van der Waals surface area contributed by atoms with Gasteiger partial charge in [0, 0.05) is 17.8 Å². The number of hydrogen-bond acceptors (Lipinski definition) is 6. The Hall–Kier alpha value is -4.15. The largest absolute Gasteiger partial charge is 0.480 e. The number of rotatable bonds is 5. The molecule has 3 aromatic heterocycles. The van der Waals surface area contributed by atoms with Crippen LogP contribution in [0, 0.1) is 0 Å². The van der Waals surface area contributed by atoms with Gasteiger partial charge in [-0.15, -0.1) is 0 Å². The first kappa shape index (κ1) is 24.5. The molecule has 0 radical (unpaired) electrons. The van der Waals surface area contributed by atoms with Crippen molar-refractivity contribution in [2.24, 2.45) is 0 Å². The van der Waals surface area contributed by atoms with Gasteiger partial charge in [-0.1, -0.05) is 36.8 Å². The molecule has 2 atom stereocenters. The molecular formula is C26H25F3N6O2. The molecule has 8 nitrogen and oxygen atoms in total. The summed E-state index contributed by atoms with van der Waals surface area (Å²) in [6.07, 6.45) is 1.37. The predicted octanol–water partition coefficient (Wildman–Crippen LogP) is 4.86. The molecule has 4 aromatic rings. The van der Waals surface area contributed by atoms with Gasteiger partial charge in [0.05, 0.1) is 18.4 Å². The molecule has 0 spiro atoms. The average molecular weight is 511 g/mol. The van der Waals surface area contributed by atoms with Crippen molar-refractivity contribution in [3.63, 3.8) is 0 Å². The minimum atomic E-state index is -4.68. The second-order valence-electron chi connectivity index (χ2n) is 9.07. The molecule has 1 saturated carbocycles. The van der Waals surface area contributed by atoms with E-state index in [-0.39, 0.29) is 40.1 Å². The standard InChI is InChI=1S/C26H25F3N6O2/c1-37-25-19(24(36)34-18-9-5-8-16(10-18)15-6-3-2-4-7-15)11-17(13-31-25)21-12-20(26(27,28)29)22-23(30)32-14-33-35(21)22/h2-4,6-7,11-14,16,18H,5,8-10H2,1H3,(H,34,36)(H2,30,32,33)/t16-,18-/m1/s1. The maximum Gasteiger partial charge on any atom is 0.418 e. The number of ether oxygens (including phenoxy) is 1. The topological polar surface area (TPSA) is 107 Å². The molecule has 3 heterocycles. The molecule has 1 aliphatic carbocycles. The SMILES string of the molecule is COc1ncc(-c2cc(C(F)(F)F)c3c(N)ncnn23)cc1C(=O)N[C@@H]1CCC[C@@H](c2ccccc2)C1. The average Bonchev–Trinajstić information content (AvgIpc) is 3.31. The number of aromatic nitrogens is 4. The van der Waals surface area contributed by atoms with Crippen molar-refractivity contribution in [2.75, 3.05) is 12.8 Å². The monoisotopic (exact) mass is 510 g/mol. The Morgan fingerprint density at radius 3 is 2.68 bits per heavy atom. The first-order valence-corrected chi connectivity index (χ1v) is 11.9. The third kappa shape index (κ3) is 4.81. The second kappa shape index (κ2) is 9.72. The van der Waals surface area contributed by atoms with Crippen LogP contribution in [0.25, 0.3) is 16.8 Å². The zero-order valence-corrected chi connectivity index (χ0v) is 20.0. The third-order valence-corrected chi connectivity index (χ3v) is 6.75. The van der Waals surface area contributed by atoms with E-state index in [1.807, 2.05) is 18.2 Å². The Bertz CT molecular complexity index is 1440. The van der Waals surface area contributed by atoms with E-state index in [9.17, 15) is 18.0 Å². The Kier molecular flexibility index (Phi) is 6.45. The van der Waals surface area contributed by atoms with E-state index >= 15 is 0 Å². The number of anilines is 1. The minimum absolute atomic E-state index is 0.0571. The van der Waals surface area contributed by atoms with Gasteiger partial charge in [0.2, 0.25) is 5.88 Å². The number of amides is 1. The summed E-state index contributed by atoms with van der Waals surface area (Å²) in [5.41, 5.74) is 6.10. The van der Waals surface area contributed by atoms with Crippen molar-refractivity contribution in [2.45, 2.75) is 43.8 Å². The van der Waals surface area contributed by atoms with Crippen LogP contribution < -0.4 is 15.8 Å². The lowest BCUT2D eigenvalue weighted by atomic mass is 9.81. The van der Waals surface area contributed by atoms with E-state index in [0.717, 1.165) is 42.6 Å². The maximum absolute atomic E-state index is 13.7. The van der Waals surface area contributed by atoms with E-state index < -0.39 is 17.6 Å². The van der Waals surface area contributed by atoms with E-state index in [1.54, 1.807) is 0 Å². The molecular weight excluding hydrogens is 485 g/mol.